The first kappa shape index (κ1) is 21.3. The molecule has 5 nitrogen and oxygen atoms in total. The van der Waals surface area contributed by atoms with E-state index in [1.165, 1.54) is 4.90 Å². The molecule has 164 valence electrons. The van der Waals surface area contributed by atoms with E-state index in [9.17, 15) is 18.4 Å². The van der Waals surface area contributed by atoms with E-state index in [1.807, 2.05) is 6.92 Å². The van der Waals surface area contributed by atoms with Gasteiger partial charge in [0.1, 0.15) is 24.9 Å². The molecule has 2 saturated heterocycles. The highest BCUT2D eigenvalue weighted by Gasteiger charge is 2.50. The van der Waals surface area contributed by atoms with Crippen LogP contribution in [0.1, 0.15) is 45.4 Å². The number of ether oxygens (including phenoxy) is 1. The van der Waals surface area contributed by atoms with E-state index >= 15 is 0 Å². The van der Waals surface area contributed by atoms with E-state index < -0.39 is 24.4 Å². The van der Waals surface area contributed by atoms with Crippen molar-refractivity contribution < 1.29 is 23.1 Å². The number of hydrogen-bond acceptors (Lipinski definition) is 3. The molecule has 2 heterocycles. The summed E-state index contributed by atoms with van der Waals surface area (Å²) in [6, 6.07) is -1.17. The molecule has 4 aliphatic rings. The molecule has 0 aromatic heterocycles. The molecule has 2 amide bonds. The zero-order valence-electron chi connectivity index (χ0n) is 16.9. The standard InChI is InChI=1S/C21H31ClF2N2O3/c1-12-6-13(2-4-16(12)23)8-26-19(27)9-25(18-5-3-15(22)7-17(18)24)21(28)20(26)14-10-29-11-14/h12-18,20H,2-11H2,1H3. The Labute approximate surface area is 176 Å². The van der Waals surface area contributed by atoms with Gasteiger partial charge in [-0.05, 0) is 50.4 Å². The molecule has 4 fully saturated rings. The van der Waals surface area contributed by atoms with Gasteiger partial charge in [-0.25, -0.2) is 8.78 Å². The zero-order chi connectivity index (χ0) is 20.7. The fourth-order valence-corrected chi connectivity index (χ4v) is 5.77. The first-order chi connectivity index (χ1) is 13.8. The fraction of sp³-hybridized carbons (Fsp3) is 0.905. The Morgan fingerprint density at radius 3 is 2.45 bits per heavy atom. The second-order valence-corrected chi connectivity index (χ2v) is 10.0. The summed E-state index contributed by atoms with van der Waals surface area (Å²) in [4.78, 5) is 29.7. The van der Waals surface area contributed by atoms with Gasteiger partial charge in [0.15, 0.2) is 0 Å². The average Bonchev–Trinajstić information content (AvgIpc) is 2.62. The summed E-state index contributed by atoms with van der Waals surface area (Å²) in [5.74, 6) is -0.164. The normalized spacial score (nSPS) is 42.1. The van der Waals surface area contributed by atoms with Crippen molar-refractivity contribution in [2.24, 2.45) is 17.8 Å². The van der Waals surface area contributed by atoms with E-state index in [4.69, 9.17) is 16.3 Å². The minimum Gasteiger partial charge on any atom is -0.380 e. The van der Waals surface area contributed by atoms with Crippen LogP contribution in [0.15, 0.2) is 0 Å². The predicted molar refractivity (Wildman–Crippen MR) is 105 cm³/mol. The molecule has 2 aliphatic carbocycles. The smallest absolute Gasteiger partial charge is 0.246 e. The lowest BCUT2D eigenvalue weighted by atomic mass is 9.80. The lowest BCUT2D eigenvalue weighted by Gasteiger charge is -2.50. The first-order valence-electron chi connectivity index (χ1n) is 10.9. The molecule has 0 radical (unpaired) electrons. The number of nitrogens with zero attached hydrogens (tertiary/aromatic N) is 2. The predicted octanol–water partition coefficient (Wildman–Crippen LogP) is 2.94. The van der Waals surface area contributed by atoms with Crippen molar-refractivity contribution in [3.8, 4) is 0 Å². The highest BCUT2D eigenvalue weighted by atomic mass is 35.5. The Morgan fingerprint density at radius 2 is 1.83 bits per heavy atom. The summed E-state index contributed by atoms with van der Waals surface area (Å²) in [6.07, 6.45) is 1.33. The van der Waals surface area contributed by atoms with Crippen LogP contribution < -0.4 is 0 Å². The summed E-state index contributed by atoms with van der Waals surface area (Å²) >= 11 is 6.08. The van der Waals surface area contributed by atoms with Gasteiger partial charge in [-0.3, -0.25) is 9.59 Å². The summed E-state index contributed by atoms with van der Waals surface area (Å²) in [5, 5.41) is -0.211. The van der Waals surface area contributed by atoms with E-state index in [1.54, 1.807) is 4.90 Å². The van der Waals surface area contributed by atoms with Gasteiger partial charge in [0, 0.05) is 17.8 Å². The molecule has 7 unspecified atom stereocenters. The Hall–Kier alpha value is -0.950. The van der Waals surface area contributed by atoms with Crippen molar-refractivity contribution in [3.05, 3.63) is 0 Å². The van der Waals surface area contributed by atoms with Crippen molar-refractivity contribution in [2.45, 2.75) is 75.3 Å². The maximum absolute atomic E-state index is 14.7. The summed E-state index contributed by atoms with van der Waals surface area (Å²) in [6.45, 7) is 3.19. The summed E-state index contributed by atoms with van der Waals surface area (Å²) in [7, 11) is 0. The molecule has 2 saturated carbocycles. The van der Waals surface area contributed by atoms with Gasteiger partial charge >= 0.3 is 0 Å². The van der Waals surface area contributed by atoms with Crippen LogP contribution in [0.3, 0.4) is 0 Å². The van der Waals surface area contributed by atoms with Gasteiger partial charge < -0.3 is 14.5 Å². The van der Waals surface area contributed by atoms with Crippen LogP contribution in [0.4, 0.5) is 8.78 Å². The Morgan fingerprint density at radius 1 is 1.07 bits per heavy atom. The molecule has 29 heavy (non-hydrogen) atoms. The average molecular weight is 433 g/mol. The van der Waals surface area contributed by atoms with E-state index in [0.717, 1.165) is 12.8 Å². The van der Waals surface area contributed by atoms with Crippen LogP contribution in [-0.4, -0.2) is 77.7 Å². The highest BCUT2D eigenvalue weighted by Crippen LogP contribution is 2.36. The molecule has 0 spiro atoms. The van der Waals surface area contributed by atoms with Crippen molar-refractivity contribution in [1.29, 1.82) is 0 Å². The van der Waals surface area contributed by atoms with Gasteiger partial charge in [0.25, 0.3) is 0 Å². The van der Waals surface area contributed by atoms with Crippen LogP contribution in [0, 0.1) is 17.8 Å². The number of halogens is 3. The number of hydrogen-bond donors (Lipinski definition) is 0. The van der Waals surface area contributed by atoms with Crippen LogP contribution in [-0.2, 0) is 14.3 Å². The number of carbonyl (C=O) groups excluding carboxylic acids is 2. The van der Waals surface area contributed by atoms with E-state index in [0.29, 0.717) is 39.0 Å². The molecule has 0 aromatic rings. The summed E-state index contributed by atoms with van der Waals surface area (Å²) in [5.41, 5.74) is 0. The van der Waals surface area contributed by atoms with Gasteiger partial charge in [0.2, 0.25) is 11.8 Å². The Balaban J connectivity index is 1.50. The van der Waals surface area contributed by atoms with Crippen molar-refractivity contribution in [3.63, 3.8) is 0 Å². The Kier molecular flexibility index (Phi) is 6.35. The fourth-order valence-electron chi connectivity index (χ4n) is 5.48. The third-order valence-electron chi connectivity index (χ3n) is 7.31. The maximum Gasteiger partial charge on any atom is 0.246 e. The lowest BCUT2D eigenvalue weighted by molar-refractivity contribution is -0.172. The molecule has 4 rings (SSSR count). The van der Waals surface area contributed by atoms with Gasteiger partial charge in [-0.15, -0.1) is 11.6 Å². The number of amides is 2. The van der Waals surface area contributed by atoms with Crippen LogP contribution >= 0.6 is 11.6 Å². The third-order valence-corrected chi connectivity index (χ3v) is 7.71. The van der Waals surface area contributed by atoms with Crippen LogP contribution in [0.25, 0.3) is 0 Å². The van der Waals surface area contributed by atoms with Gasteiger partial charge in [-0.1, -0.05) is 6.92 Å². The molecule has 0 bridgehead atoms. The highest BCUT2D eigenvalue weighted by molar-refractivity contribution is 6.20. The van der Waals surface area contributed by atoms with Gasteiger partial charge in [0.05, 0.1) is 19.3 Å². The van der Waals surface area contributed by atoms with E-state index in [2.05, 4.69) is 0 Å². The van der Waals surface area contributed by atoms with Crippen molar-refractivity contribution in [1.82, 2.24) is 9.80 Å². The molecule has 0 N–H and O–H groups in total. The largest absolute Gasteiger partial charge is 0.380 e. The minimum absolute atomic E-state index is 0.0237. The molecular weight excluding hydrogens is 402 g/mol. The van der Waals surface area contributed by atoms with Crippen LogP contribution in [0.5, 0.6) is 0 Å². The second-order valence-electron chi connectivity index (χ2n) is 9.42. The minimum atomic E-state index is -1.20. The molecule has 7 atom stereocenters. The Bertz CT molecular complexity index is 635. The molecule has 0 aromatic carbocycles. The molecule has 2 aliphatic heterocycles. The number of alkyl halides is 3. The third kappa shape index (κ3) is 4.27. The van der Waals surface area contributed by atoms with Crippen molar-refractivity contribution in [2.75, 3.05) is 26.3 Å². The number of carbonyl (C=O) groups is 2. The maximum atomic E-state index is 14.7. The lowest BCUT2D eigenvalue weighted by Crippen LogP contribution is -2.68. The zero-order valence-corrected chi connectivity index (χ0v) is 17.7. The van der Waals surface area contributed by atoms with Crippen LogP contribution in [0.2, 0.25) is 0 Å². The topological polar surface area (TPSA) is 49.9 Å². The molecule has 8 heteroatoms. The quantitative estimate of drug-likeness (QED) is 0.642. The van der Waals surface area contributed by atoms with E-state index in [-0.39, 0.29) is 47.9 Å². The van der Waals surface area contributed by atoms with Gasteiger partial charge in [-0.2, -0.15) is 0 Å². The van der Waals surface area contributed by atoms with Crippen molar-refractivity contribution >= 4 is 23.4 Å². The monoisotopic (exact) mass is 432 g/mol. The molecular formula is C21H31ClF2N2O3. The summed E-state index contributed by atoms with van der Waals surface area (Å²) < 4.78 is 33.9. The first-order valence-corrected chi connectivity index (χ1v) is 11.4. The SMILES string of the molecule is CC1CC(CN2C(=O)CN(C3CCC(Cl)CC3F)C(=O)C2C2COC2)CCC1F. The number of piperazine rings is 1. The number of rotatable bonds is 4. The second kappa shape index (κ2) is 8.66.